The van der Waals surface area contributed by atoms with E-state index in [0.29, 0.717) is 19.8 Å². The molecule has 76 valence electrons. The molecule has 2 N–H and O–H groups in total. The average molecular weight is 179 g/mol. The van der Waals surface area contributed by atoms with Gasteiger partial charge in [0.25, 0.3) is 0 Å². The van der Waals surface area contributed by atoms with E-state index in [1.165, 1.54) is 0 Å². The van der Waals surface area contributed by atoms with Crippen molar-refractivity contribution in [1.82, 2.24) is 5.32 Å². The van der Waals surface area contributed by atoms with Gasteiger partial charge in [0.05, 0.1) is 13.2 Å². The van der Waals surface area contributed by atoms with Gasteiger partial charge in [0.15, 0.2) is 6.29 Å². The molecule has 0 heterocycles. The van der Waals surface area contributed by atoms with Gasteiger partial charge in [-0.15, -0.1) is 0 Å². The summed E-state index contributed by atoms with van der Waals surface area (Å²) in [7, 11) is 3.75. The highest BCUT2D eigenvalue weighted by Crippen LogP contribution is 1.83. The second-order valence-corrected chi connectivity index (χ2v) is 2.17. The summed E-state index contributed by atoms with van der Waals surface area (Å²) in [5, 5.41) is 11.3. The zero-order chi connectivity index (χ0) is 9.82. The molecule has 0 aromatic carbocycles. The molecule has 12 heavy (non-hydrogen) atoms. The van der Waals surface area contributed by atoms with Crippen molar-refractivity contribution in [3.05, 3.63) is 0 Å². The van der Waals surface area contributed by atoms with Crippen molar-refractivity contribution in [1.29, 1.82) is 0 Å². The van der Waals surface area contributed by atoms with E-state index in [-0.39, 0.29) is 0 Å². The minimum Gasteiger partial charge on any atom is -0.379 e. The van der Waals surface area contributed by atoms with E-state index in [1.807, 2.05) is 21.0 Å². The van der Waals surface area contributed by atoms with Gasteiger partial charge in [-0.1, -0.05) is 0 Å². The Morgan fingerprint density at radius 3 is 2.17 bits per heavy atom. The number of hydrogen-bond acceptors (Lipinski definition) is 4. The Labute approximate surface area is 74.9 Å². The lowest BCUT2D eigenvalue weighted by Gasteiger charge is -2.05. The van der Waals surface area contributed by atoms with Crippen molar-refractivity contribution in [3.63, 3.8) is 0 Å². The Morgan fingerprint density at radius 2 is 1.83 bits per heavy atom. The second kappa shape index (κ2) is 13.4. The standard InChI is InChI=1S/C6H14O3.C2H7N/c1-3-8-4-5-9-6(2)7;1-3-2/h6-7H,3-5H2,1-2H3;3H,1-2H3. The fourth-order valence-electron chi connectivity index (χ4n) is 0.422. The minimum atomic E-state index is -0.676. The van der Waals surface area contributed by atoms with Crippen LogP contribution in [-0.4, -0.2) is 45.3 Å². The maximum Gasteiger partial charge on any atom is 0.151 e. The first-order chi connectivity index (χ1) is 5.68. The van der Waals surface area contributed by atoms with Crippen LogP contribution >= 0.6 is 0 Å². The molecule has 4 nitrogen and oxygen atoms in total. The van der Waals surface area contributed by atoms with Gasteiger partial charge in [-0.25, -0.2) is 0 Å². The van der Waals surface area contributed by atoms with Crippen molar-refractivity contribution in [2.24, 2.45) is 0 Å². The van der Waals surface area contributed by atoms with Gasteiger partial charge in [0.1, 0.15) is 0 Å². The van der Waals surface area contributed by atoms with E-state index in [9.17, 15) is 0 Å². The van der Waals surface area contributed by atoms with Gasteiger partial charge in [-0.3, -0.25) is 0 Å². The van der Waals surface area contributed by atoms with Crippen molar-refractivity contribution in [3.8, 4) is 0 Å². The molecule has 0 aliphatic rings. The normalized spacial score (nSPS) is 11.8. The van der Waals surface area contributed by atoms with E-state index >= 15 is 0 Å². The SMILES string of the molecule is CCOCCOC(C)O.CNC. The highest BCUT2D eigenvalue weighted by Gasteiger charge is 1.91. The lowest BCUT2D eigenvalue weighted by Crippen LogP contribution is -2.11. The number of nitrogens with one attached hydrogen (secondary N) is 1. The van der Waals surface area contributed by atoms with Crippen LogP contribution in [0.1, 0.15) is 13.8 Å². The summed E-state index contributed by atoms with van der Waals surface area (Å²) in [6.07, 6.45) is -0.676. The number of hydrogen-bond donors (Lipinski definition) is 2. The van der Waals surface area contributed by atoms with Crippen LogP contribution in [0.4, 0.5) is 0 Å². The molecule has 4 heteroatoms. The monoisotopic (exact) mass is 179 g/mol. The molecule has 0 aliphatic heterocycles. The van der Waals surface area contributed by atoms with Crippen LogP contribution in [0, 0.1) is 0 Å². The van der Waals surface area contributed by atoms with Gasteiger partial charge < -0.3 is 19.9 Å². The first kappa shape index (κ1) is 14.4. The molecule has 0 aromatic heterocycles. The van der Waals surface area contributed by atoms with E-state index in [4.69, 9.17) is 14.6 Å². The maximum atomic E-state index is 8.57. The van der Waals surface area contributed by atoms with Gasteiger partial charge in [0.2, 0.25) is 0 Å². The first-order valence-electron chi connectivity index (χ1n) is 4.14. The van der Waals surface area contributed by atoms with Gasteiger partial charge in [-0.05, 0) is 27.9 Å². The Kier molecular flexibility index (Phi) is 16.1. The third-order valence-corrected chi connectivity index (χ3v) is 0.791. The summed E-state index contributed by atoms with van der Waals surface area (Å²) >= 11 is 0. The lowest BCUT2D eigenvalue weighted by molar-refractivity contribution is -0.0987. The molecule has 1 unspecified atom stereocenters. The lowest BCUT2D eigenvalue weighted by atomic mass is 10.7. The van der Waals surface area contributed by atoms with Gasteiger partial charge in [0, 0.05) is 6.61 Å². The zero-order valence-electron chi connectivity index (χ0n) is 8.46. The molecule has 0 saturated heterocycles. The Bertz CT molecular complexity index is 69.3. The zero-order valence-corrected chi connectivity index (χ0v) is 8.46. The second-order valence-electron chi connectivity index (χ2n) is 2.17. The van der Waals surface area contributed by atoms with Crippen molar-refractivity contribution in [2.45, 2.75) is 20.1 Å². The highest BCUT2D eigenvalue weighted by atomic mass is 16.6. The number of aliphatic hydroxyl groups is 1. The predicted octanol–water partition coefficient (Wildman–Crippen LogP) is 0.213. The highest BCUT2D eigenvalue weighted by molar-refractivity contribution is 4.28. The fraction of sp³-hybridized carbons (Fsp3) is 1.00. The smallest absolute Gasteiger partial charge is 0.151 e. The van der Waals surface area contributed by atoms with Crippen LogP contribution in [0.5, 0.6) is 0 Å². The Hall–Kier alpha value is -0.160. The van der Waals surface area contributed by atoms with E-state index in [1.54, 1.807) is 6.92 Å². The molecule has 0 saturated carbocycles. The summed E-state index contributed by atoms with van der Waals surface area (Å²) in [5.41, 5.74) is 0. The summed E-state index contributed by atoms with van der Waals surface area (Å²) in [6, 6.07) is 0. The van der Waals surface area contributed by atoms with Crippen molar-refractivity contribution in [2.75, 3.05) is 33.9 Å². The maximum absolute atomic E-state index is 8.57. The first-order valence-corrected chi connectivity index (χ1v) is 4.14. The number of rotatable bonds is 5. The molecule has 0 rings (SSSR count). The molecule has 0 spiro atoms. The largest absolute Gasteiger partial charge is 0.379 e. The Morgan fingerprint density at radius 1 is 1.33 bits per heavy atom. The average Bonchev–Trinajstić information content (AvgIpc) is 1.99. The molecule has 0 bridgehead atoms. The Balaban J connectivity index is 0. The summed E-state index contributed by atoms with van der Waals surface area (Å²) in [6.45, 7) is 5.21. The third kappa shape index (κ3) is 22.5. The van der Waals surface area contributed by atoms with Crippen LogP contribution in [0.2, 0.25) is 0 Å². The minimum absolute atomic E-state index is 0.464. The van der Waals surface area contributed by atoms with Gasteiger partial charge in [-0.2, -0.15) is 0 Å². The molecule has 0 radical (unpaired) electrons. The van der Waals surface area contributed by atoms with E-state index < -0.39 is 6.29 Å². The molecule has 0 amide bonds. The van der Waals surface area contributed by atoms with Crippen LogP contribution in [-0.2, 0) is 9.47 Å². The molecule has 0 aliphatic carbocycles. The summed E-state index contributed by atoms with van der Waals surface area (Å²) in [5.74, 6) is 0. The van der Waals surface area contributed by atoms with Crippen molar-refractivity contribution >= 4 is 0 Å². The van der Waals surface area contributed by atoms with Gasteiger partial charge >= 0.3 is 0 Å². The van der Waals surface area contributed by atoms with Crippen LogP contribution in [0.25, 0.3) is 0 Å². The van der Waals surface area contributed by atoms with Crippen LogP contribution < -0.4 is 5.32 Å². The topological polar surface area (TPSA) is 50.7 Å². The molecule has 0 fully saturated rings. The summed E-state index contributed by atoms with van der Waals surface area (Å²) < 4.78 is 9.72. The van der Waals surface area contributed by atoms with Crippen LogP contribution in [0.3, 0.4) is 0 Å². The summed E-state index contributed by atoms with van der Waals surface area (Å²) in [4.78, 5) is 0. The molecule has 0 aromatic rings. The van der Waals surface area contributed by atoms with E-state index in [0.717, 1.165) is 0 Å². The molecular weight excluding hydrogens is 158 g/mol. The number of aliphatic hydroxyl groups excluding tert-OH is 1. The molecule has 1 atom stereocenters. The fourth-order valence-corrected chi connectivity index (χ4v) is 0.422. The van der Waals surface area contributed by atoms with E-state index in [2.05, 4.69) is 5.32 Å². The van der Waals surface area contributed by atoms with Crippen molar-refractivity contribution < 1.29 is 14.6 Å². The predicted molar refractivity (Wildman–Crippen MR) is 49.1 cm³/mol. The third-order valence-electron chi connectivity index (χ3n) is 0.791. The quantitative estimate of drug-likeness (QED) is 0.468. The van der Waals surface area contributed by atoms with Crippen LogP contribution in [0.15, 0.2) is 0 Å². The number of ether oxygens (including phenoxy) is 2. The molecular formula is C8H21NO3.